The molecule has 1 amide bonds. The van der Waals surface area contributed by atoms with Crippen LogP contribution in [0, 0.1) is 12.3 Å². The molecule has 1 saturated heterocycles. The number of aromatic nitrogens is 1. The highest BCUT2D eigenvalue weighted by Gasteiger charge is 2.47. The molecule has 7 heteroatoms. The van der Waals surface area contributed by atoms with Gasteiger partial charge >= 0.3 is 5.97 Å². The predicted molar refractivity (Wildman–Crippen MR) is 89.1 cm³/mol. The Hall–Kier alpha value is -2.67. The Morgan fingerprint density at radius 2 is 2.08 bits per heavy atom. The lowest BCUT2D eigenvalue weighted by atomic mass is 9.88. The molecule has 0 aliphatic carbocycles. The number of amides is 1. The second-order valence-electron chi connectivity index (χ2n) is 6.27. The van der Waals surface area contributed by atoms with Crippen LogP contribution in [-0.2, 0) is 9.53 Å². The van der Waals surface area contributed by atoms with Crippen molar-refractivity contribution in [1.29, 1.82) is 0 Å². The van der Waals surface area contributed by atoms with E-state index in [-0.39, 0.29) is 24.8 Å². The van der Waals surface area contributed by atoms with Crippen LogP contribution in [0.5, 0.6) is 0 Å². The van der Waals surface area contributed by atoms with E-state index in [1.54, 1.807) is 6.92 Å². The lowest BCUT2D eigenvalue weighted by Gasteiger charge is -2.23. The molecule has 1 aliphatic rings. The monoisotopic (exact) mass is 344 g/mol. The quantitative estimate of drug-likeness (QED) is 0.894. The second kappa shape index (κ2) is 6.68. The number of likely N-dealkylation sites (tertiary alicyclic amines) is 1. The third-order valence-corrected chi connectivity index (χ3v) is 4.49. The Bertz CT molecular complexity index is 786. The molecule has 2 heterocycles. The summed E-state index contributed by atoms with van der Waals surface area (Å²) in [5.74, 6) is -0.482. The van der Waals surface area contributed by atoms with E-state index >= 15 is 0 Å². The molecule has 1 atom stereocenters. The van der Waals surface area contributed by atoms with Gasteiger partial charge in [-0.2, -0.15) is 0 Å². The summed E-state index contributed by atoms with van der Waals surface area (Å²) in [4.78, 5) is 30.3. The van der Waals surface area contributed by atoms with Gasteiger partial charge in [0.1, 0.15) is 5.41 Å². The Balaban J connectivity index is 1.89. The van der Waals surface area contributed by atoms with Crippen LogP contribution < -0.4 is 0 Å². The van der Waals surface area contributed by atoms with E-state index in [0.717, 1.165) is 5.56 Å². The molecule has 1 aromatic carbocycles. The van der Waals surface area contributed by atoms with Crippen molar-refractivity contribution >= 4 is 11.9 Å². The molecule has 3 rings (SSSR count). The number of ether oxygens (including phenoxy) is 1. The van der Waals surface area contributed by atoms with Crippen molar-refractivity contribution in [3.63, 3.8) is 0 Å². The first-order valence-electron chi connectivity index (χ1n) is 8.01. The van der Waals surface area contributed by atoms with Crippen LogP contribution in [0.25, 0.3) is 11.3 Å². The molecule has 1 aliphatic heterocycles. The maximum Gasteiger partial charge on any atom is 0.313 e. The fraction of sp³-hybridized carbons (Fsp3) is 0.389. The fourth-order valence-electron chi connectivity index (χ4n) is 3.18. The second-order valence-corrected chi connectivity index (χ2v) is 6.27. The average Bonchev–Trinajstić information content (AvgIpc) is 3.20. The largest absolute Gasteiger partial charge is 0.481 e. The standard InChI is InChI=1S/C18H20N2O5/c1-12-19-14(15(25-12)13-6-4-3-5-7-13)16(21)20-9-8-18(10-20,11-24-2)17(22)23/h3-7H,8-11H2,1-2H3,(H,22,23). The molecule has 0 saturated carbocycles. The third kappa shape index (κ3) is 3.15. The van der Waals surface area contributed by atoms with Crippen molar-refractivity contribution in [3.05, 3.63) is 41.9 Å². The molecule has 0 spiro atoms. The van der Waals surface area contributed by atoms with E-state index in [1.807, 2.05) is 30.3 Å². The van der Waals surface area contributed by atoms with Crippen LogP contribution >= 0.6 is 0 Å². The Kier molecular flexibility index (Phi) is 4.59. The molecule has 1 aromatic heterocycles. The van der Waals surface area contributed by atoms with Gasteiger partial charge in [-0.25, -0.2) is 4.98 Å². The van der Waals surface area contributed by atoms with Crippen molar-refractivity contribution in [2.45, 2.75) is 13.3 Å². The van der Waals surface area contributed by atoms with Gasteiger partial charge in [-0.1, -0.05) is 30.3 Å². The Morgan fingerprint density at radius 1 is 1.36 bits per heavy atom. The van der Waals surface area contributed by atoms with Gasteiger partial charge in [-0.05, 0) is 6.42 Å². The van der Waals surface area contributed by atoms with E-state index < -0.39 is 11.4 Å². The summed E-state index contributed by atoms with van der Waals surface area (Å²) >= 11 is 0. The van der Waals surface area contributed by atoms with Crippen LogP contribution in [-0.4, -0.2) is 53.7 Å². The van der Waals surface area contributed by atoms with Crippen molar-refractivity contribution < 1.29 is 23.8 Å². The number of oxazole rings is 1. The van der Waals surface area contributed by atoms with E-state index in [9.17, 15) is 14.7 Å². The topological polar surface area (TPSA) is 92.9 Å². The van der Waals surface area contributed by atoms with Gasteiger partial charge in [0.25, 0.3) is 5.91 Å². The molecule has 1 unspecified atom stereocenters. The number of rotatable bonds is 5. The zero-order valence-electron chi connectivity index (χ0n) is 14.2. The number of carboxylic acid groups (broad SMARTS) is 1. The number of aryl methyl sites for hydroxylation is 1. The number of carbonyl (C=O) groups excluding carboxylic acids is 1. The van der Waals surface area contributed by atoms with Crippen LogP contribution in [0.15, 0.2) is 34.7 Å². The predicted octanol–water partition coefficient (Wildman–Crippen LogP) is 2.21. The maximum absolute atomic E-state index is 12.9. The number of carboxylic acids is 1. The number of benzene rings is 1. The van der Waals surface area contributed by atoms with Gasteiger partial charge in [0.15, 0.2) is 17.3 Å². The summed E-state index contributed by atoms with van der Waals surface area (Å²) < 4.78 is 10.7. The van der Waals surface area contributed by atoms with Crippen LogP contribution in [0.2, 0.25) is 0 Å². The van der Waals surface area contributed by atoms with Gasteiger partial charge in [0, 0.05) is 32.7 Å². The number of nitrogens with zero attached hydrogens (tertiary/aromatic N) is 2. The van der Waals surface area contributed by atoms with E-state index in [2.05, 4.69) is 4.98 Å². The number of hydrogen-bond acceptors (Lipinski definition) is 5. The van der Waals surface area contributed by atoms with Crippen molar-refractivity contribution in [3.8, 4) is 11.3 Å². The van der Waals surface area contributed by atoms with E-state index in [0.29, 0.717) is 24.6 Å². The lowest BCUT2D eigenvalue weighted by molar-refractivity contribution is -0.151. The number of hydrogen-bond donors (Lipinski definition) is 1. The summed E-state index contributed by atoms with van der Waals surface area (Å²) in [6, 6.07) is 9.26. The van der Waals surface area contributed by atoms with Gasteiger partial charge in [0.05, 0.1) is 6.61 Å². The molecule has 0 bridgehead atoms. The number of aliphatic carboxylic acids is 1. The lowest BCUT2D eigenvalue weighted by Crippen LogP contribution is -2.40. The normalized spacial score (nSPS) is 20.0. The highest BCUT2D eigenvalue weighted by molar-refractivity contribution is 5.98. The summed E-state index contributed by atoms with van der Waals surface area (Å²) in [6.45, 7) is 2.18. The summed E-state index contributed by atoms with van der Waals surface area (Å²) in [6.07, 6.45) is 0.347. The molecular formula is C18H20N2O5. The van der Waals surface area contributed by atoms with Crippen LogP contribution in [0.3, 0.4) is 0 Å². The molecule has 1 N–H and O–H groups in total. The van der Waals surface area contributed by atoms with Crippen LogP contribution in [0.4, 0.5) is 0 Å². The number of carbonyl (C=O) groups is 2. The van der Waals surface area contributed by atoms with Gasteiger partial charge in [-0.15, -0.1) is 0 Å². The summed E-state index contributed by atoms with van der Waals surface area (Å²) in [5.41, 5.74) is -0.106. The van der Waals surface area contributed by atoms with E-state index in [1.165, 1.54) is 12.0 Å². The van der Waals surface area contributed by atoms with Crippen molar-refractivity contribution in [2.24, 2.45) is 5.41 Å². The summed E-state index contributed by atoms with van der Waals surface area (Å²) in [7, 11) is 1.46. The molecule has 1 fully saturated rings. The molecule has 7 nitrogen and oxygen atoms in total. The first-order chi connectivity index (χ1) is 12.0. The minimum atomic E-state index is -1.07. The SMILES string of the molecule is COCC1(C(=O)O)CCN(C(=O)c2nc(C)oc2-c2ccccc2)C1. The molecule has 25 heavy (non-hydrogen) atoms. The zero-order chi connectivity index (χ0) is 18.0. The highest BCUT2D eigenvalue weighted by atomic mass is 16.5. The average molecular weight is 344 g/mol. The molecule has 132 valence electrons. The van der Waals surface area contributed by atoms with Gasteiger partial charge in [0.2, 0.25) is 0 Å². The van der Waals surface area contributed by atoms with Crippen LogP contribution in [0.1, 0.15) is 22.8 Å². The Morgan fingerprint density at radius 3 is 2.72 bits per heavy atom. The smallest absolute Gasteiger partial charge is 0.313 e. The first-order valence-corrected chi connectivity index (χ1v) is 8.01. The number of methoxy groups -OCH3 is 1. The van der Waals surface area contributed by atoms with Gasteiger partial charge < -0.3 is 19.2 Å². The minimum Gasteiger partial charge on any atom is -0.481 e. The molecule has 0 radical (unpaired) electrons. The van der Waals surface area contributed by atoms with Crippen molar-refractivity contribution in [2.75, 3.05) is 26.8 Å². The molecule has 2 aromatic rings. The van der Waals surface area contributed by atoms with E-state index in [4.69, 9.17) is 9.15 Å². The zero-order valence-corrected chi connectivity index (χ0v) is 14.2. The fourth-order valence-corrected chi connectivity index (χ4v) is 3.18. The summed E-state index contributed by atoms with van der Waals surface area (Å²) in [5, 5.41) is 9.55. The first kappa shape index (κ1) is 17.2. The third-order valence-electron chi connectivity index (χ3n) is 4.49. The maximum atomic E-state index is 12.9. The van der Waals surface area contributed by atoms with Gasteiger partial charge in [-0.3, -0.25) is 9.59 Å². The minimum absolute atomic E-state index is 0.0650. The Labute approximate surface area is 145 Å². The highest BCUT2D eigenvalue weighted by Crippen LogP contribution is 2.33. The molecular weight excluding hydrogens is 324 g/mol. The van der Waals surface area contributed by atoms with Crippen molar-refractivity contribution in [1.82, 2.24) is 9.88 Å².